The molecule has 13 nitrogen and oxygen atoms in total. The Bertz CT molecular complexity index is 2420. The van der Waals surface area contributed by atoms with E-state index in [1.165, 1.54) is 31.1 Å². The van der Waals surface area contributed by atoms with Gasteiger partial charge in [-0.05, 0) is 66.8 Å². The lowest BCUT2D eigenvalue weighted by Crippen LogP contribution is -2.50. The van der Waals surface area contributed by atoms with E-state index in [0.29, 0.717) is 18.4 Å². The predicted octanol–water partition coefficient (Wildman–Crippen LogP) is 5.29. The molecule has 1 N–H and O–H groups in total. The second-order valence-corrected chi connectivity index (χ2v) is 20.8. The molecule has 4 aromatic rings. The second-order valence-electron chi connectivity index (χ2n) is 14.8. The Morgan fingerprint density at radius 3 is 1.97 bits per heavy atom. The Hall–Kier alpha value is -4.42. The summed E-state index contributed by atoms with van der Waals surface area (Å²) in [5.41, 5.74) is 3.77. The maximum atomic E-state index is 14.1. The standard InChI is InChI=1S/C42H49N3O10S3/c1-30(2)36-27-37(33-15-17-34(18-16-33)57(50,51)43(3)28-32-13-9-6-10-14-32)40(25-31-11-7-5-8-12-31)55-42(36)38-26-35(19-20-39(38)54-29-41(46)47)58(52,53)45-23-21-44(22-24-45)56(4,48)49/h5-20,26,36-37,40,42H,1,21-25,27-29H2,2-4H3,(H,46,47)/t36-,37-,40+,42+/m0/s1. The van der Waals surface area contributed by atoms with Gasteiger partial charge in [-0.3, -0.25) is 0 Å². The second kappa shape index (κ2) is 17.8. The minimum Gasteiger partial charge on any atom is -0.482 e. The number of carbonyl (C=O) groups is 1. The van der Waals surface area contributed by atoms with Crippen molar-refractivity contribution in [1.82, 2.24) is 12.9 Å². The number of hydrogen-bond donors (Lipinski definition) is 1. The number of benzene rings is 4. The zero-order chi connectivity index (χ0) is 41.8. The zero-order valence-electron chi connectivity index (χ0n) is 32.7. The number of carboxylic acid groups (broad SMARTS) is 1. The summed E-state index contributed by atoms with van der Waals surface area (Å²) in [5, 5.41) is 9.52. The molecule has 0 aromatic heterocycles. The van der Waals surface area contributed by atoms with E-state index in [1.54, 1.807) is 19.2 Å². The lowest BCUT2D eigenvalue weighted by molar-refractivity contribution is -0.139. The smallest absolute Gasteiger partial charge is 0.341 e. The fourth-order valence-electron chi connectivity index (χ4n) is 7.63. The molecule has 2 aliphatic heterocycles. The average Bonchev–Trinajstić information content (AvgIpc) is 3.20. The van der Waals surface area contributed by atoms with E-state index in [1.807, 2.05) is 79.7 Å². The summed E-state index contributed by atoms with van der Waals surface area (Å²) in [4.78, 5) is 11.7. The van der Waals surface area contributed by atoms with Crippen molar-refractivity contribution in [1.29, 1.82) is 0 Å². The first-order valence-corrected chi connectivity index (χ1v) is 23.6. The van der Waals surface area contributed by atoms with Gasteiger partial charge in [-0.15, -0.1) is 0 Å². The Balaban J connectivity index is 1.35. The Labute approximate surface area is 341 Å². The van der Waals surface area contributed by atoms with Crippen LogP contribution in [-0.4, -0.2) is 101 Å². The Kier molecular flexibility index (Phi) is 13.3. The van der Waals surface area contributed by atoms with Gasteiger partial charge in [0, 0.05) is 57.2 Å². The first-order valence-electron chi connectivity index (χ1n) is 18.8. The van der Waals surface area contributed by atoms with Crippen LogP contribution in [0.5, 0.6) is 5.75 Å². The normalized spacial score (nSPS) is 21.1. The fraction of sp³-hybridized carbons (Fsp3) is 0.357. The minimum atomic E-state index is -4.12. The number of hydrogen-bond acceptors (Lipinski definition) is 9. The van der Waals surface area contributed by atoms with Gasteiger partial charge in [-0.25, -0.2) is 30.0 Å². The van der Waals surface area contributed by atoms with Crippen LogP contribution in [0.25, 0.3) is 0 Å². The summed E-state index contributed by atoms with van der Waals surface area (Å²) in [5.74, 6) is -1.73. The van der Waals surface area contributed by atoms with Crippen LogP contribution in [0.2, 0.25) is 0 Å². The molecule has 0 amide bonds. The number of carboxylic acids is 1. The van der Waals surface area contributed by atoms with Crippen LogP contribution in [0.3, 0.4) is 0 Å². The summed E-state index contributed by atoms with van der Waals surface area (Å²) in [6, 6.07) is 30.2. The van der Waals surface area contributed by atoms with Gasteiger partial charge < -0.3 is 14.6 Å². The van der Waals surface area contributed by atoms with E-state index in [-0.39, 0.29) is 54.2 Å². The Morgan fingerprint density at radius 2 is 1.40 bits per heavy atom. The van der Waals surface area contributed by atoms with E-state index in [4.69, 9.17) is 9.47 Å². The highest BCUT2D eigenvalue weighted by molar-refractivity contribution is 7.89. The van der Waals surface area contributed by atoms with Crippen LogP contribution in [0.4, 0.5) is 0 Å². The van der Waals surface area contributed by atoms with Crippen molar-refractivity contribution in [2.45, 2.75) is 54.2 Å². The molecule has 0 aliphatic carbocycles. The quantitative estimate of drug-likeness (QED) is 0.155. The Morgan fingerprint density at radius 1 is 0.828 bits per heavy atom. The number of ether oxygens (including phenoxy) is 2. The highest BCUT2D eigenvalue weighted by atomic mass is 32.2. The molecule has 4 aromatic carbocycles. The SMILES string of the molecule is C=C(C)[C@@H]1C[C@@H](c2ccc(S(=O)(=O)N(C)Cc3ccccc3)cc2)[C@@H](Cc2ccccc2)O[C@H]1c1cc(S(=O)(=O)N2CCN(S(C)(=O)=O)CC2)ccc1OCC(=O)O. The first-order chi connectivity index (χ1) is 27.4. The van der Waals surface area contributed by atoms with Crippen molar-refractivity contribution in [2.75, 3.05) is 46.1 Å². The topological polar surface area (TPSA) is 168 Å². The maximum Gasteiger partial charge on any atom is 0.341 e. The number of rotatable bonds is 15. The third kappa shape index (κ3) is 9.88. The molecule has 58 heavy (non-hydrogen) atoms. The highest BCUT2D eigenvalue weighted by Gasteiger charge is 2.42. The fourth-order valence-corrected chi connectivity index (χ4v) is 11.1. The molecule has 0 bridgehead atoms. The van der Waals surface area contributed by atoms with E-state index >= 15 is 0 Å². The molecular weight excluding hydrogens is 803 g/mol. The molecule has 2 aliphatic rings. The summed E-state index contributed by atoms with van der Waals surface area (Å²) in [7, 11) is -9.89. The number of aliphatic carboxylic acids is 1. The lowest BCUT2D eigenvalue weighted by Gasteiger charge is -2.43. The van der Waals surface area contributed by atoms with Crippen LogP contribution >= 0.6 is 0 Å². The van der Waals surface area contributed by atoms with Gasteiger partial charge in [0.05, 0.1) is 28.3 Å². The van der Waals surface area contributed by atoms with E-state index in [9.17, 15) is 35.2 Å². The van der Waals surface area contributed by atoms with Gasteiger partial charge in [0.25, 0.3) is 0 Å². The lowest BCUT2D eigenvalue weighted by atomic mass is 9.74. The minimum absolute atomic E-state index is 0.00798. The molecule has 16 heteroatoms. The zero-order valence-corrected chi connectivity index (χ0v) is 35.1. The highest BCUT2D eigenvalue weighted by Crippen LogP contribution is 2.49. The molecular formula is C42H49N3O10S3. The van der Waals surface area contributed by atoms with E-state index in [0.717, 1.165) is 28.5 Å². The molecule has 6 rings (SSSR count). The molecule has 2 saturated heterocycles. The van der Waals surface area contributed by atoms with Gasteiger partial charge >= 0.3 is 5.97 Å². The van der Waals surface area contributed by atoms with E-state index < -0.39 is 60.8 Å². The van der Waals surface area contributed by atoms with Crippen molar-refractivity contribution in [3.05, 3.63) is 138 Å². The van der Waals surface area contributed by atoms with Crippen molar-refractivity contribution in [3.8, 4) is 5.75 Å². The van der Waals surface area contributed by atoms with Crippen molar-refractivity contribution >= 4 is 36.0 Å². The number of sulfonamides is 3. The van der Waals surface area contributed by atoms with Crippen LogP contribution in [0, 0.1) is 5.92 Å². The van der Waals surface area contributed by atoms with Gasteiger partial charge in [0.15, 0.2) is 6.61 Å². The maximum absolute atomic E-state index is 14.1. The van der Waals surface area contributed by atoms with Crippen LogP contribution in [-0.2, 0) is 52.6 Å². The largest absolute Gasteiger partial charge is 0.482 e. The van der Waals surface area contributed by atoms with Gasteiger partial charge in [-0.2, -0.15) is 12.9 Å². The third-order valence-corrected chi connectivity index (χ3v) is 15.8. The van der Waals surface area contributed by atoms with Gasteiger partial charge in [0.1, 0.15) is 5.75 Å². The van der Waals surface area contributed by atoms with Crippen molar-refractivity contribution < 1.29 is 44.6 Å². The average molecular weight is 852 g/mol. The van der Waals surface area contributed by atoms with Crippen LogP contribution in [0.15, 0.2) is 125 Å². The van der Waals surface area contributed by atoms with E-state index in [2.05, 4.69) is 6.58 Å². The van der Waals surface area contributed by atoms with Crippen molar-refractivity contribution in [2.24, 2.45) is 5.92 Å². The molecule has 0 radical (unpaired) electrons. The molecule has 4 atom stereocenters. The summed E-state index contributed by atoms with van der Waals surface area (Å²) < 4.78 is 96.2. The number of nitrogens with zero attached hydrogens (tertiary/aromatic N) is 3. The van der Waals surface area contributed by atoms with Crippen molar-refractivity contribution in [3.63, 3.8) is 0 Å². The molecule has 2 fully saturated rings. The molecule has 310 valence electrons. The summed E-state index contributed by atoms with van der Waals surface area (Å²) in [6.07, 6.45) is 0.723. The molecule has 0 unspecified atom stereocenters. The first kappa shape index (κ1) is 43.2. The molecule has 0 spiro atoms. The summed E-state index contributed by atoms with van der Waals surface area (Å²) >= 11 is 0. The molecule has 0 saturated carbocycles. The predicted molar refractivity (Wildman–Crippen MR) is 220 cm³/mol. The van der Waals surface area contributed by atoms with Crippen LogP contribution < -0.4 is 4.74 Å². The summed E-state index contributed by atoms with van der Waals surface area (Å²) in [6.45, 7) is 5.61. The third-order valence-electron chi connectivity index (χ3n) is 10.8. The monoisotopic (exact) mass is 851 g/mol. The van der Waals surface area contributed by atoms with Gasteiger partial charge in [0.2, 0.25) is 30.1 Å². The van der Waals surface area contributed by atoms with Crippen LogP contribution in [0.1, 0.15) is 47.6 Å². The molecule has 2 heterocycles. The number of piperazine rings is 1. The van der Waals surface area contributed by atoms with Gasteiger partial charge in [-0.1, -0.05) is 84.9 Å².